The van der Waals surface area contributed by atoms with Crippen LogP contribution >= 0.6 is 12.4 Å². The number of ether oxygens (including phenoxy) is 1. The number of methoxy groups -OCH3 is 1. The fourth-order valence-electron chi connectivity index (χ4n) is 2.41. The molecule has 0 saturated heterocycles. The fraction of sp³-hybridized carbons (Fsp3) is 0.588. The van der Waals surface area contributed by atoms with E-state index in [1.807, 2.05) is 31.2 Å². The average molecular weight is 329 g/mol. The summed E-state index contributed by atoms with van der Waals surface area (Å²) in [5.74, 6) is 1.55. The van der Waals surface area contributed by atoms with Crippen LogP contribution in [-0.2, 0) is 4.79 Å². The zero-order valence-electron chi connectivity index (χ0n) is 14.0. The number of hydrogen-bond donors (Lipinski definition) is 2. The highest BCUT2D eigenvalue weighted by Crippen LogP contribution is 2.23. The summed E-state index contributed by atoms with van der Waals surface area (Å²) in [6.07, 6.45) is 1.37. The average Bonchev–Trinajstić information content (AvgIpc) is 2.45. The molecule has 1 aromatic carbocycles. The summed E-state index contributed by atoms with van der Waals surface area (Å²) in [6.45, 7) is 6.80. The Balaban J connectivity index is 0.00000441. The lowest BCUT2D eigenvalue weighted by Gasteiger charge is -2.20. The Bertz CT molecular complexity index is 452. The predicted molar refractivity (Wildman–Crippen MR) is 93.7 cm³/mol. The highest BCUT2D eigenvalue weighted by molar-refractivity contribution is 5.85. The first-order valence-electron chi connectivity index (χ1n) is 7.59. The minimum Gasteiger partial charge on any atom is -0.497 e. The first-order chi connectivity index (χ1) is 9.96. The van der Waals surface area contributed by atoms with Gasteiger partial charge >= 0.3 is 0 Å². The number of rotatable bonds is 8. The maximum Gasteiger partial charge on any atom is 0.220 e. The molecule has 1 amide bonds. The lowest BCUT2D eigenvalue weighted by Crippen LogP contribution is -2.41. The number of nitrogens with one attached hydrogen (secondary N) is 1. The van der Waals surface area contributed by atoms with Gasteiger partial charge in [-0.25, -0.2) is 0 Å². The molecule has 126 valence electrons. The van der Waals surface area contributed by atoms with Crippen LogP contribution in [0.25, 0.3) is 0 Å². The largest absolute Gasteiger partial charge is 0.497 e. The second kappa shape index (κ2) is 10.5. The number of carbonyl (C=O) groups excluding carboxylic acids is 1. The number of carbonyl (C=O) groups is 1. The van der Waals surface area contributed by atoms with E-state index in [0.717, 1.165) is 17.7 Å². The van der Waals surface area contributed by atoms with E-state index >= 15 is 0 Å². The molecule has 3 N–H and O–H groups in total. The van der Waals surface area contributed by atoms with Gasteiger partial charge in [0.15, 0.2) is 0 Å². The van der Waals surface area contributed by atoms with Crippen LogP contribution in [0.3, 0.4) is 0 Å². The molecular weight excluding hydrogens is 300 g/mol. The van der Waals surface area contributed by atoms with Crippen molar-refractivity contribution in [1.82, 2.24) is 5.32 Å². The van der Waals surface area contributed by atoms with Crippen molar-refractivity contribution in [3.8, 4) is 5.75 Å². The molecule has 0 saturated carbocycles. The van der Waals surface area contributed by atoms with Crippen LogP contribution in [0.2, 0.25) is 0 Å². The molecule has 0 aliphatic rings. The highest BCUT2D eigenvalue weighted by Gasteiger charge is 2.16. The van der Waals surface area contributed by atoms with Crippen LogP contribution in [0.15, 0.2) is 24.3 Å². The molecule has 0 aromatic heterocycles. The Labute approximate surface area is 140 Å². The van der Waals surface area contributed by atoms with Gasteiger partial charge in [0, 0.05) is 19.0 Å². The monoisotopic (exact) mass is 328 g/mol. The van der Waals surface area contributed by atoms with Gasteiger partial charge in [-0.1, -0.05) is 32.9 Å². The van der Waals surface area contributed by atoms with Crippen LogP contribution in [0.1, 0.15) is 45.1 Å². The van der Waals surface area contributed by atoms with Gasteiger partial charge in [-0.15, -0.1) is 12.4 Å². The molecule has 0 bridgehead atoms. The maximum absolute atomic E-state index is 12.1. The molecule has 0 fully saturated rings. The van der Waals surface area contributed by atoms with Crippen molar-refractivity contribution in [2.75, 3.05) is 13.7 Å². The Hall–Kier alpha value is -1.26. The summed E-state index contributed by atoms with van der Waals surface area (Å²) in [5.41, 5.74) is 6.83. The van der Waals surface area contributed by atoms with Gasteiger partial charge in [-0.2, -0.15) is 0 Å². The summed E-state index contributed by atoms with van der Waals surface area (Å²) < 4.78 is 5.22. The van der Waals surface area contributed by atoms with Crippen molar-refractivity contribution in [3.05, 3.63) is 29.8 Å². The summed E-state index contributed by atoms with van der Waals surface area (Å²) >= 11 is 0. The third-order valence-corrected chi connectivity index (χ3v) is 3.56. The van der Waals surface area contributed by atoms with E-state index in [1.54, 1.807) is 7.11 Å². The molecule has 4 nitrogen and oxygen atoms in total. The Kier molecular flexibility index (Phi) is 9.86. The normalized spacial score (nSPS) is 13.2. The maximum atomic E-state index is 12.1. The molecule has 1 rings (SSSR count). The summed E-state index contributed by atoms with van der Waals surface area (Å²) in [5, 5.41) is 3.03. The molecule has 0 spiro atoms. The van der Waals surface area contributed by atoms with Crippen LogP contribution < -0.4 is 15.8 Å². The Morgan fingerprint density at radius 3 is 2.55 bits per heavy atom. The van der Waals surface area contributed by atoms with Gasteiger partial charge in [-0.3, -0.25) is 4.79 Å². The Morgan fingerprint density at radius 1 is 1.32 bits per heavy atom. The van der Waals surface area contributed by atoms with Crippen molar-refractivity contribution >= 4 is 18.3 Å². The first kappa shape index (κ1) is 20.7. The molecule has 5 heteroatoms. The van der Waals surface area contributed by atoms with E-state index in [0.29, 0.717) is 18.9 Å². The predicted octanol–water partition coefficient (Wildman–Crippen LogP) is 3.10. The minimum absolute atomic E-state index is 0. The second-order valence-electron chi connectivity index (χ2n) is 6.01. The van der Waals surface area contributed by atoms with E-state index in [2.05, 4.69) is 19.2 Å². The van der Waals surface area contributed by atoms with Crippen molar-refractivity contribution in [2.45, 2.75) is 45.6 Å². The number of halogens is 1. The summed E-state index contributed by atoms with van der Waals surface area (Å²) in [6, 6.07) is 7.92. The zero-order chi connectivity index (χ0) is 15.8. The topological polar surface area (TPSA) is 64.3 Å². The third-order valence-electron chi connectivity index (χ3n) is 3.56. The van der Waals surface area contributed by atoms with Gasteiger partial charge in [0.05, 0.1) is 7.11 Å². The van der Waals surface area contributed by atoms with Gasteiger partial charge in [0.1, 0.15) is 5.75 Å². The van der Waals surface area contributed by atoms with Crippen LogP contribution in [0, 0.1) is 5.92 Å². The molecule has 0 radical (unpaired) electrons. The molecule has 22 heavy (non-hydrogen) atoms. The summed E-state index contributed by atoms with van der Waals surface area (Å²) in [7, 11) is 1.65. The van der Waals surface area contributed by atoms with Gasteiger partial charge in [-0.05, 0) is 36.0 Å². The van der Waals surface area contributed by atoms with E-state index in [1.165, 1.54) is 0 Å². The zero-order valence-corrected chi connectivity index (χ0v) is 14.8. The second-order valence-corrected chi connectivity index (χ2v) is 6.01. The van der Waals surface area contributed by atoms with E-state index in [-0.39, 0.29) is 30.3 Å². The van der Waals surface area contributed by atoms with Crippen LogP contribution in [0.5, 0.6) is 5.75 Å². The number of benzene rings is 1. The lowest BCUT2D eigenvalue weighted by molar-refractivity contribution is -0.122. The van der Waals surface area contributed by atoms with Crippen molar-refractivity contribution in [3.63, 3.8) is 0 Å². The molecule has 0 heterocycles. The number of amides is 1. The van der Waals surface area contributed by atoms with Gasteiger partial charge in [0.25, 0.3) is 0 Å². The smallest absolute Gasteiger partial charge is 0.220 e. The van der Waals surface area contributed by atoms with Crippen molar-refractivity contribution < 1.29 is 9.53 Å². The third kappa shape index (κ3) is 7.14. The van der Waals surface area contributed by atoms with E-state index in [4.69, 9.17) is 10.5 Å². The van der Waals surface area contributed by atoms with Crippen LogP contribution in [-0.4, -0.2) is 25.6 Å². The summed E-state index contributed by atoms with van der Waals surface area (Å²) in [4.78, 5) is 12.1. The SMILES string of the molecule is COc1cccc(C(C)CC(=O)NC(CN)CC(C)C)c1.Cl. The van der Waals surface area contributed by atoms with Crippen molar-refractivity contribution in [2.24, 2.45) is 11.7 Å². The van der Waals surface area contributed by atoms with E-state index < -0.39 is 0 Å². The van der Waals surface area contributed by atoms with Crippen molar-refractivity contribution in [1.29, 1.82) is 0 Å². The highest BCUT2D eigenvalue weighted by atomic mass is 35.5. The lowest BCUT2D eigenvalue weighted by atomic mass is 9.96. The number of hydrogen-bond acceptors (Lipinski definition) is 3. The molecule has 0 aliphatic carbocycles. The molecular formula is C17H29ClN2O2. The Morgan fingerprint density at radius 2 is 2.00 bits per heavy atom. The molecule has 2 atom stereocenters. The van der Waals surface area contributed by atoms with Crippen LogP contribution in [0.4, 0.5) is 0 Å². The minimum atomic E-state index is 0. The van der Waals surface area contributed by atoms with Gasteiger partial charge < -0.3 is 15.8 Å². The fourth-order valence-corrected chi connectivity index (χ4v) is 2.41. The van der Waals surface area contributed by atoms with Gasteiger partial charge in [0.2, 0.25) is 5.91 Å². The quantitative estimate of drug-likeness (QED) is 0.770. The first-order valence-corrected chi connectivity index (χ1v) is 7.59. The molecule has 1 aromatic rings. The standard InChI is InChI=1S/C17H28N2O2.ClH/c1-12(2)8-15(11-18)19-17(20)9-13(3)14-6-5-7-16(10-14)21-4;/h5-7,10,12-13,15H,8-9,11,18H2,1-4H3,(H,19,20);1H. The molecule has 0 aliphatic heterocycles. The number of nitrogens with two attached hydrogens (primary N) is 1. The molecule has 2 unspecified atom stereocenters. The van der Waals surface area contributed by atoms with E-state index in [9.17, 15) is 4.79 Å².